The van der Waals surface area contributed by atoms with Crippen LogP contribution < -0.4 is 4.74 Å². The molecule has 0 spiro atoms. The molecule has 0 aliphatic heterocycles. The van der Waals surface area contributed by atoms with Crippen LogP contribution in [-0.4, -0.2) is 21.9 Å². The average Bonchev–Trinajstić information content (AvgIpc) is 2.89. The summed E-state index contributed by atoms with van der Waals surface area (Å²) < 4.78 is 7.77. The van der Waals surface area contributed by atoms with E-state index in [0.29, 0.717) is 4.77 Å². The van der Waals surface area contributed by atoms with Gasteiger partial charge in [0.25, 0.3) is 0 Å². The van der Waals surface area contributed by atoms with Crippen molar-refractivity contribution in [3.8, 4) is 22.8 Å². The number of hydrogen-bond donors (Lipinski definition) is 1. The van der Waals surface area contributed by atoms with Gasteiger partial charge in [0.2, 0.25) is 0 Å². The van der Waals surface area contributed by atoms with Crippen LogP contribution in [0.2, 0.25) is 0 Å². The van der Waals surface area contributed by atoms with Crippen molar-refractivity contribution >= 4 is 12.2 Å². The number of nitrogens with zero attached hydrogens (tertiary/aromatic N) is 2. The zero-order valence-corrected chi connectivity index (χ0v) is 12.6. The van der Waals surface area contributed by atoms with E-state index in [1.807, 2.05) is 60.0 Å². The molecule has 0 aliphatic rings. The second kappa shape index (κ2) is 5.54. The molecule has 0 amide bonds. The Morgan fingerprint density at radius 3 is 2.57 bits per heavy atom. The SMILES string of the molecule is COc1ccc(-n2c(-c3ccccc3)n[nH]c2=S)c(C)c1. The molecule has 0 saturated heterocycles. The number of aromatic amines is 1. The van der Waals surface area contributed by atoms with Crippen LogP contribution in [0, 0.1) is 11.7 Å². The third-order valence-electron chi connectivity index (χ3n) is 3.35. The maximum absolute atomic E-state index is 5.39. The van der Waals surface area contributed by atoms with Crippen LogP contribution >= 0.6 is 12.2 Å². The minimum absolute atomic E-state index is 0.571. The van der Waals surface area contributed by atoms with Crippen LogP contribution in [0.1, 0.15) is 5.56 Å². The highest BCUT2D eigenvalue weighted by molar-refractivity contribution is 7.71. The van der Waals surface area contributed by atoms with Crippen molar-refractivity contribution in [2.75, 3.05) is 7.11 Å². The van der Waals surface area contributed by atoms with E-state index in [0.717, 1.165) is 28.4 Å². The van der Waals surface area contributed by atoms with E-state index in [4.69, 9.17) is 17.0 Å². The molecule has 4 nitrogen and oxygen atoms in total. The first-order valence-corrected chi connectivity index (χ1v) is 6.99. The van der Waals surface area contributed by atoms with Crippen molar-refractivity contribution in [3.05, 3.63) is 58.9 Å². The fourth-order valence-corrected chi connectivity index (χ4v) is 2.54. The molecule has 3 rings (SSSR count). The van der Waals surface area contributed by atoms with Crippen molar-refractivity contribution in [1.29, 1.82) is 0 Å². The second-order valence-electron chi connectivity index (χ2n) is 4.71. The minimum atomic E-state index is 0.571. The average molecular weight is 297 g/mol. The highest BCUT2D eigenvalue weighted by atomic mass is 32.1. The highest BCUT2D eigenvalue weighted by Gasteiger charge is 2.12. The minimum Gasteiger partial charge on any atom is -0.497 e. The number of benzene rings is 2. The van der Waals surface area contributed by atoms with Gasteiger partial charge in [-0.05, 0) is 42.9 Å². The van der Waals surface area contributed by atoms with E-state index in [2.05, 4.69) is 10.2 Å². The standard InChI is InChI=1S/C16H15N3OS/c1-11-10-13(20-2)8-9-14(11)19-15(17-18-16(19)21)12-6-4-3-5-7-12/h3-10H,1-2H3,(H,18,21). The maximum atomic E-state index is 5.39. The van der Waals surface area contributed by atoms with E-state index in [1.165, 1.54) is 0 Å². The van der Waals surface area contributed by atoms with E-state index in [9.17, 15) is 0 Å². The number of aryl methyl sites for hydroxylation is 1. The zero-order chi connectivity index (χ0) is 14.8. The Morgan fingerprint density at radius 1 is 1.14 bits per heavy atom. The summed E-state index contributed by atoms with van der Waals surface area (Å²) in [7, 11) is 1.66. The van der Waals surface area contributed by atoms with Crippen LogP contribution in [0.4, 0.5) is 0 Å². The Morgan fingerprint density at radius 2 is 1.90 bits per heavy atom. The monoisotopic (exact) mass is 297 g/mol. The molecule has 1 heterocycles. The molecule has 0 atom stereocenters. The van der Waals surface area contributed by atoms with Gasteiger partial charge in [-0.3, -0.25) is 9.67 Å². The van der Waals surface area contributed by atoms with Crippen LogP contribution in [0.15, 0.2) is 48.5 Å². The first-order chi connectivity index (χ1) is 10.2. The van der Waals surface area contributed by atoms with Gasteiger partial charge < -0.3 is 4.74 Å². The molecule has 3 aromatic rings. The third-order valence-corrected chi connectivity index (χ3v) is 3.62. The highest BCUT2D eigenvalue weighted by Crippen LogP contribution is 2.25. The molecular formula is C16H15N3OS. The van der Waals surface area contributed by atoms with Gasteiger partial charge in [-0.2, -0.15) is 5.10 Å². The summed E-state index contributed by atoms with van der Waals surface area (Å²) in [6.45, 7) is 2.03. The predicted octanol–water partition coefficient (Wildman–Crippen LogP) is 3.91. The summed E-state index contributed by atoms with van der Waals surface area (Å²) in [5.41, 5.74) is 3.08. The van der Waals surface area contributed by atoms with Gasteiger partial charge in [0.05, 0.1) is 12.8 Å². The van der Waals surface area contributed by atoms with Gasteiger partial charge in [-0.25, -0.2) is 0 Å². The van der Waals surface area contributed by atoms with E-state index >= 15 is 0 Å². The number of nitrogens with one attached hydrogen (secondary N) is 1. The predicted molar refractivity (Wildman–Crippen MR) is 85.5 cm³/mol. The fourth-order valence-electron chi connectivity index (χ4n) is 2.31. The van der Waals surface area contributed by atoms with Crippen molar-refractivity contribution < 1.29 is 4.74 Å². The lowest BCUT2D eigenvalue weighted by Gasteiger charge is -2.11. The summed E-state index contributed by atoms with van der Waals surface area (Å²) in [6.07, 6.45) is 0. The maximum Gasteiger partial charge on any atom is 0.200 e. The summed E-state index contributed by atoms with van der Waals surface area (Å²) in [5.74, 6) is 1.63. The Balaban J connectivity index is 2.20. The van der Waals surface area contributed by atoms with Gasteiger partial charge in [0.15, 0.2) is 10.6 Å². The van der Waals surface area contributed by atoms with Gasteiger partial charge in [0.1, 0.15) is 5.75 Å². The lowest BCUT2D eigenvalue weighted by atomic mass is 10.1. The lowest BCUT2D eigenvalue weighted by molar-refractivity contribution is 0.414. The Labute approximate surface area is 128 Å². The van der Waals surface area contributed by atoms with E-state index < -0.39 is 0 Å². The Hall–Kier alpha value is -2.40. The molecule has 0 fully saturated rings. The fraction of sp³-hybridized carbons (Fsp3) is 0.125. The quantitative estimate of drug-likeness (QED) is 0.745. The van der Waals surface area contributed by atoms with Crippen LogP contribution in [-0.2, 0) is 0 Å². The van der Waals surface area contributed by atoms with Gasteiger partial charge in [0, 0.05) is 5.56 Å². The number of methoxy groups -OCH3 is 1. The number of ether oxygens (including phenoxy) is 1. The first kappa shape index (κ1) is 13.6. The van der Waals surface area contributed by atoms with Crippen molar-refractivity contribution in [2.45, 2.75) is 6.92 Å². The van der Waals surface area contributed by atoms with Crippen LogP contribution in [0.5, 0.6) is 5.75 Å². The molecule has 0 aliphatic carbocycles. The number of aromatic nitrogens is 3. The molecule has 0 saturated carbocycles. The summed E-state index contributed by atoms with van der Waals surface area (Å²) in [6, 6.07) is 15.9. The Kier molecular flexibility index (Phi) is 3.58. The summed E-state index contributed by atoms with van der Waals surface area (Å²) >= 11 is 5.39. The smallest absolute Gasteiger partial charge is 0.200 e. The molecule has 21 heavy (non-hydrogen) atoms. The molecule has 0 unspecified atom stereocenters. The van der Waals surface area contributed by atoms with Gasteiger partial charge in [-0.1, -0.05) is 30.3 Å². The largest absolute Gasteiger partial charge is 0.497 e. The zero-order valence-electron chi connectivity index (χ0n) is 11.8. The summed E-state index contributed by atoms with van der Waals surface area (Å²) in [5, 5.41) is 7.24. The number of hydrogen-bond acceptors (Lipinski definition) is 3. The Bertz CT molecular complexity index is 821. The van der Waals surface area contributed by atoms with E-state index in [1.54, 1.807) is 7.11 Å². The van der Waals surface area contributed by atoms with Crippen molar-refractivity contribution in [1.82, 2.24) is 14.8 Å². The number of rotatable bonds is 3. The normalized spacial score (nSPS) is 10.6. The van der Waals surface area contributed by atoms with Crippen LogP contribution in [0.25, 0.3) is 17.1 Å². The van der Waals surface area contributed by atoms with Gasteiger partial charge >= 0.3 is 0 Å². The van der Waals surface area contributed by atoms with E-state index in [-0.39, 0.29) is 0 Å². The van der Waals surface area contributed by atoms with Crippen molar-refractivity contribution in [2.24, 2.45) is 0 Å². The molecule has 0 radical (unpaired) electrons. The topological polar surface area (TPSA) is 42.8 Å². The van der Waals surface area contributed by atoms with Gasteiger partial charge in [-0.15, -0.1) is 0 Å². The molecule has 5 heteroatoms. The molecule has 1 aromatic heterocycles. The van der Waals surface area contributed by atoms with Crippen LogP contribution in [0.3, 0.4) is 0 Å². The number of H-pyrrole nitrogens is 1. The molecule has 2 aromatic carbocycles. The molecule has 1 N–H and O–H groups in total. The second-order valence-corrected chi connectivity index (χ2v) is 5.09. The molecule has 106 valence electrons. The first-order valence-electron chi connectivity index (χ1n) is 6.58. The molecule has 0 bridgehead atoms. The molecular weight excluding hydrogens is 282 g/mol. The lowest BCUT2D eigenvalue weighted by Crippen LogP contribution is -2.00. The third kappa shape index (κ3) is 2.48. The summed E-state index contributed by atoms with van der Waals surface area (Å²) in [4.78, 5) is 0. The van der Waals surface area contributed by atoms with Crippen molar-refractivity contribution in [3.63, 3.8) is 0 Å².